The molecule has 1 aliphatic heterocycles. The Balaban J connectivity index is 1.93. The zero-order valence-electron chi connectivity index (χ0n) is 15.7. The number of phenols is 1. The van der Waals surface area contributed by atoms with Crippen LogP contribution in [0.3, 0.4) is 0 Å². The molecule has 1 heterocycles. The Bertz CT molecular complexity index is 978. The number of allylic oxidation sites excluding steroid dienone is 1. The quantitative estimate of drug-likeness (QED) is 0.548. The monoisotopic (exact) mass is 426 g/mol. The van der Waals surface area contributed by atoms with Crippen molar-refractivity contribution >= 4 is 33.1 Å². The van der Waals surface area contributed by atoms with Gasteiger partial charge in [0.05, 0.1) is 17.4 Å². The van der Waals surface area contributed by atoms with Gasteiger partial charge in [0, 0.05) is 27.7 Å². The van der Waals surface area contributed by atoms with Crippen LogP contribution in [0, 0.1) is 12.3 Å². The zero-order chi connectivity index (χ0) is 19.3. The third-order valence-electron chi connectivity index (χ3n) is 5.27. The van der Waals surface area contributed by atoms with E-state index in [4.69, 9.17) is 0 Å². The fraction of sp³-hybridized carbons (Fsp3) is 0.318. The van der Waals surface area contributed by atoms with Gasteiger partial charge < -0.3 is 15.7 Å². The second-order valence-corrected chi connectivity index (χ2v) is 9.20. The van der Waals surface area contributed by atoms with Crippen LogP contribution in [0.15, 0.2) is 52.1 Å². The first-order valence-corrected chi connectivity index (χ1v) is 9.92. The molecule has 1 aliphatic carbocycles. The van der Waals surface area contributed by atoms with E-state index in [1.807, 2.05) is 19.1 Å². The van der Waals surface area contributed by atoms with Crippen LogP contribution in [-0.4, -0.2) is 10.9 Å². The number of phenolic OH excluding ortho intramolecular Hbond substituents is 1. The minimum absolute atomic E-state index is 0.0953. The highest BCUT2D eigenvalue weighted by Crippen LogP contribution is 2.47. The molecule has 4 rings (SSSR count). The molecule has 2 aliphatic rings. The summed E-state index contributed by atoms with van der Waals surface area (Å²) in [4.78, 5) is 13.2. The molecule has 140 valence electrons. The molecule has 5 heteroatoms. The Morgan fingerprint density at radius 2 is 1.89 bits per heavy atom. The van der Waals surface area contributed by atoms with Gasteiger partial charge in [-0.25, -0.2) is 0 Å². The van der Waals surface area contributed by atoms with Crippen molar-refractivity contribution in [3.8, 4) is 5.75 Å². The van der Waals surface area contributed by atoms with Crippen LogP contribution >= 0.6 is 15.9 Å². The van der Waals surface area contributed by atoms with E-state index in [0.717, 1.165) is 39.1 Å². The Labute approximate surface area is 167 Å². The van der Waals surface area contributed by atoms with E-state index < -0.39 is 6.04 Å². The maximum absolute atomic E-state index is 13.2. The molecule has 27 heavy (non-hydrogen) atoms. The van der Waals surface area contributed by atoms with Crippen molar-refractivity contribution in [2.45, 2.75) is 39.7 Å². The summed E-state index contributed by atoms with van der Waals surface area (Å²) >= 11 is 3.49. The van der Waals surface area contributed by atoms with Crippen molar-refractivity contribution in [1.29, 1.82) is 0 Å². The normalized spacial score (nSPS) is 20.9. The third-order valence-corrected chi connectivity index (χ3v) is 5.76. The smallest absolute Gasteiger partial charge is 0.163 e. The standard InChI is InChI=1S/C22H23BrN2O2/c1-12-4-6-15-16(8-12)25-21(14-9-13(23)5-7-18(14)26)20-17(24-15)10-22(2,3)11-19(20)27/h4-9,21,24-26H,10-11H2,1-3H3/t21-/m1/s1. The number of aromatic hydroxyl groups is 1. The number of ketones is 1. The number of rotatable bonds is 1. The highest BCUT2D eigenvalue weighted by molar-refractivity contribution is 9.10. The van der Waals surface area contributed by atoms with Crippen LogP contribution in [-0.2, 0) is 4.79 Å². The number of hydrogen-bond donors (Lipinski definition) is 3. The summed E-state index contributed by atoms with van der Waals surface area (Å²) in [7, 11) is 0. The first kappa shape index (κ1) is 18.1. The molecular weight excluding hydrogens is 404 g/mol. The predicted octanol–water partition coefficient (Wildman–Crippen LogP) is 5.69. The number of benzene rings is 2. The van der Waals surface area contributed by atoms with Gasteiger partial charge in [-0.05, 0) is 54.7 Å². The number of fused-ring (bicyclic) bond motifs is 1. The fourth-order valence-electron chi connectivity index (χ4n) is 4.05. The van der Waals surface area contributed by atoms with Crippen LogP contribution < -0.4 is 10.6 Å². The van der Waals surface area contributed by atoms with Gasteiger partial charge in [-0.2, -0.15) is 0 Å². The van der Waals surface area contributed by atoms with E-state index in [-0.39, 0.29) is 16.9 Å². The Morgan fingerprint density at radius 3 is 2.67 bits per heavy atom. The number of halogens is 1. The molecule has 0 saturated carbocycles. The van der Waals surface area contributed by atoms with E-state index >= 15 is 0 Å². The van der Waals surface area contributed by atoms with Gasteiger partial charge >= 0.3 is 0 Å². The number of carbonyl (C=O) groups is 1. The lowest BCUT2D eigenvalue weighted by molar-refractivity contribution is -0.118. The highest BCUT2D eigenvalue weighted by Gasteiger charge is 2.39. The van der Waals surface area contributed by atoms with Gasteiger partial charge in [0.15, 0.2) is 5.78 Å². The molecular formula is C22H23BrN2O2. The van der Waals surface area contributed by atoms with Crippen molar-refractivity contribution in [1.82, 2.24) is 0 Å². The summed E-state index contributed by atoms with van der Waals surface area (Å²) in [5, 5.41) is 17.6. The molecule has 0 unspecified atom stereocenters. The first-order valence-electron chi connectivity index (χ1n) is 9.12. The van der Waals surface area contributed by atoms with Gasteiger partial charge in [0.2, 0.25) is 0 Å². The lowest BCUT2D eigenvalue weighted by atomic mass is 9.73. The molecule has 0 aromatic heterocycles. The number of anilines is 2. The third kappa shape index (κ3) is 3.36. The summed E-state index contributed by atoms with van der Waals surface area (Å²) in [5.41, 5.74) is 5.28. The first-order chi connectivity index (χ1) is 12.7. The predicted molar refractivity (Wildman–Crippen MR) is 112 cm³/mol. The van der Waals surface area contributed by atoms with Crippen molar-refractivity contribution in [2.75, 3.05) is 10.6 Å². The molecule has 4 nitrogen and oxygen atoms in total. The number of Topliss-reactive ketones (excluding diaryl/α,β-unsaturated/α-hetero) is 1. The van der Waals surface area contributed by atoms with Crippen molar-refractivity contribution in [2.24, 2.45) is 5.41 Å². The van der Waals surface area contributed by atoms with Gasteiger partial charge in [-0.3, -0.25) is 4.79 Å². The SMILES string of the molecule is Cc1ccc2c(c1)N[C@H](c1cc(Br)ccc1O)C1=C(CC(C)(C)CC1=O)N2. The van der Waals surface area contributed by atoms with Gasteiger partial charge in [-0.1, -0.05) is 35.8 Å². The number of hydrogen-bond acceptors (Lipinski definition) is 4. The molecule has 1 atom stereocenters. The van der Waals surface area contributed by atoms with Gasteiger partial charge in [-0.15, -0.1) is 0 Å². The van der Waals surface area contributed by atoms with Gasteiger partial charge in [0.1, 0.15) is 5.75 Å². The highest BCUT2D eigenvalue weighted by atomic mass is 79.9. The second kappa shape index (κ2) is 6.41. The average Bonchev–Trinajstić information content (AvgIpc) is 2.72. The molecule has 2 aromatic carbocycles. The molecule has 0 bridgehead atoms. The number of aryl methyl sites for hydroxylation is 1. The summed E-state index contributed by atoms with van der Waals surface area (Å²) in [6.07, 6.45) is 1.28. The molecule has 2 aromatic rings. The molecule has 0 radical (unpaired) electrons. The molecule has 0 fully saturated rings. The van der Waals surface area contributed by atoms with E-state index in [0.29, 0.717) is 12.0 Å². The number of nitrogens with one attached hydrogen (secondary N) is 2. The molecule has 0 saturated heterocycles. The Morgan fingerprint density at radius 1 is 1.11 bits per heavy atom. The zero-order valence-corrected chi connectivity index (χ0v) is 17.3. The Hall–Kier alpha value is -2.27. The summed E-state index contributed by atoms with van der Waals surface area (Å²) in [6.45, 7) is 6.28. The van der Waals surface area contributed by atoms with Crippen molar-refractivity contribution in [3.05, 3.63) is 63.3 Å². The maximum Gasteiger partial charge on any atom is 0.163 e. The number of carbonyl (C=O) groups excluding carboxylic acids is 1. The van der Waals surface area contributed by atoms with Crippen molar-refractivity contribution < 1.29 is 9.90 Å². The Kier molecular flexibility index (Phi) is 4.30. The molecule has 0 spiro atoms. The molecule has 0 amide bonds. The van der Waals surface area contributed by atoms with E-state index in [2.05, 4.69) is 52.5 Å². The minimum Gasteiger partial charge on any atom is -0.508 e. The summed E-state index contributed by atoms with van der Waals surface area (Å²) < 4.78 is 0.865. The minimum atomic E-state index is -0.406. The topological polar surface area (TPSA) is 61.4 Å². The van der Waals surface area contributed by atoms with E-state index in [9.17, 15) is 9.90 Å². The summed E-state index contributed by atoms with van der Waals surface area (Å²) in [5.74, 6) is 0.298. The fourth-order valence-corrected chi connectivity index (χ4v) is 4.43. The van der Waals surface area contributed by atoms with E-state index in [1.165, 1.54) is 0 Å². The lowest BCUT2D eigenvalue weighted by Gasteiger charge is -2.34. The van der Waals surface area contributed by atoms with Crippen LogP contribution in [0.25, 0.3) is 0 Å². The van der Waals surface area contributed by atoms with E-state index in [1.54, 1.807) is 12.1 Å². The van der Waals surface area contributed by atoms with Crippen LogP contribution in [0.4, 0.5) is 11.4 Å². The van der Waals surface area contributed by atoms with Crippen LogP contribution in [0.1, 0.15) is 43.9 Å². The lowest BCUT2D eigenvalue weighted by Crippen LogP contribution is -2.31. The summed E-state index contributed by atoms with van der Waals surface area (Å²) in [6, 6.07) is 11.1. The molecule has 3 N–H and O–H groups in total. The van der Waals surface area contributed by atoms with Crippen molar-refractivity contribution in [3.63, 3.8) is 0 Å². The van der Waals surface area contributed by atoms with Gasteiger partial charge in [0.25, 0.3) is 0 Å². The largest absolute Gasteiger partial charge is 0.508 e. The average molecular weight is 427 g/mol. The van der Waals surface area contributed by atoms with Crippen LogP contribution in [0.2, 0.25) is 0 Å². The maximum atomic E-state index is 13.2. The second-order valence-electron chi connectivity index (χ2n) is 8.29. The van der Waals surface area contributed by atoms with Crippen LogP contribution in [0.5, 0.6) is 5.75 Å².